The molecule has 2 aromatic heterocycles. The van der Waals surface area contributed by atoms with E-state index in [1.165, 1.54) is 22.9 Å². The number of aryl methyl sites for hydroxylation is 1. The van der Waals surface area contributed by atoms with Gasteiger partial charge in [0.15, 0.2) is 5.16 Å². The number of fused-ring (bicyclic) bond motifs is 1. The summed E-state index contributed by atoms with van der Waals surface area (Å²) in [5.41, 5.74) is 7.01. The number of hydrogen-bond donors (Lipinski definition) is 1. The fraction of sp³-hybridized carbons (Fsp3) is 0.400. The number of benzene rings is 1. The molecule has 1 aromatic carbocycles. The van der Waals surface area contributed by atoms with Gasteiger partial charge in [0.25, 0.3) is 11.5 Å². The minimum atomic E-state index is -0.184. The molecule has 3 aromatic rings. The lowest BCUT2D eigenvalue weighted by molar-refractivity contribution is 0.0924. The van der Waals surface area contributed by atoms with Crippen molar-refractivity contribution in [3.63, 3.8) is 0 Å². The van der Waals surface area contributed by atoms with Gasteiger partial charge >= 0.3 is 0 Å². The fourth-order valence-electron chi connectivity index (χ4n) is 3.83. The average molecular weight is 398 g/mol. The number of nitrogens with zero attached hydrogens (tertiary/aromatic N) is 4. The molecule has 0 spiro atoms. The van der Waals surface area contributed by atoms with Crippen molar-refractivity contribution in [1.82, 2.24) is 19.3 Å². The van der Waals surface area contributed by atoms with E-state index in [0.717, 1.165) is 25.7 Å². The predicted molar refractivity (Wildman–Crippen MR) is 111 cm³/mol. The van der Waals surface area contributed by atoms with Gasteiger partial charge < -0.3 is 5.73 Å². The number of para-hydroxylation sites is 1. The topological polar surface area (TPSA) is 95.8 Å². The zero-order chi connectivity index (χ0) is 19.7. The van der Waals surface area contributed by atoms with Crippen molar-refractivity contribution in [2.45, 2.75) is 50.2 Å². The Labute approximate surface area is 166 Å². The molecule has 2 N–H and O–H groups in total. The smallest absolute Gasteiger partial charge is 0.262 e. The van der Waals surface area contributed by atoms with Crippen LogP contribution in [0.25, 0.3) is 10.9 Å². The number of thioether (sulfide) groups is 1. The van der Waals surface area contributed by atoms with Gasteiger partial charge in [0.05, 0.1) is 16.7 Å². The van der Waals surface area contributed by atoms with Crippen LogP contribution in [0, 0.1) is 6.92 Å². The molecule has 0 unspecified atom stereocenters. The summed E-state index contributed by atoms with van der Waals surface area (Å²) in [5.74, 6) is 0.273. The van der Waals surface area contributed by atoms with E-state index < -0.39 is 0 Å². The number of nitrogens with two attached hydrogens (primary N) is 1. The molecule has 0 amide bonds. The summed E-state index contributed by atoms with van der Waals surface area (Å²) in [6.45, 7) is 1.79. The predicted octanol–water partition coefficient (Wildman–Crippen LogP) is 3.42. The first-order valence-corrected chi connectivity index (χ1v) is 10.5. The number of nitrogen functional groups attached to an aromatic ring is 1. The molecule has 1 fully saturated rings. The molecule has 28 heavy (non-hydrogen) atoms. The summed E-state index contributed by atoms with van der Waals surface area (Å²) in [7, 11) is 0. The third-order valence-electron chi connectivity index (χ3n) is 5.18. The van der Waals surface area contributed by atoms with Crippen LogP contribution in [0.15, 0.2) is 40.3 Å². The maximum Gasteiger partial charge on any atom is 0.262 e. The Hall–Kier alpha value is -2.61. The molecule has 1 aliphatic rings. The average Bonchev–Trinajstić information content (AvgIpc) is 3.05. The van der Waals surface area contributed by atoms with E-state index in [0.29, 0.717) is 27.6 Å². The lowest BCUT2D eigenvalue weighted by Gasteiger charge is -2.26. The molecular formula is C20H23N5O2S. The van der Waals surface area contributed by atoms with E-state index in [4.69, 9.17) is 10.7 Å². The van der Waals surface area contributed by atoms with Crippen LogP contribution in [-0.2, 0) is 0 Å². The van der Waals surface area contributed by atoms with E-state index >= 15 is 0 Å². The lowest BCUT2D eigenvalue weighted by Crippen LogP contribution is -2.29. The lowest BCUT2D eigenvalue weighted by atomic mass is 9.95. The molecule has 0 radical (unpaired) electrons. The Kier molecular flexibility index (Phi) is 5.21. The van der Waals surface area contributed by atoms with Gasteiger partial charge in [0, 0.05) is 17.8 Å². The monoisotopic (exact) mass is 397 g/mol. The molecule has 0 bridgehead atoms. The molecule has 1 saturated carbocycles. The summed E-state index contributed by atoms with van der Waals surface area (Å²) in [6, 6.07) is 9.19. The van der Waals surface area contributed by atoms with Crippen LogP contribution in [0.5, 0.6) is 0 Å². The van der Waals surface area contributed by atoms with E-state index in [-0.39, 0.29) is 23.3 Å². The van der Waals surface area contributed by atoms with E-state index in [1.54, 1.807) is 13.0 Å². The SMILES string of the molecule is Cc1cc(N)nn1C(=O)CSc1nc2ccccc2c(=O)n1C1CCCCC1. The summed E-state index contributed by atoms with van der Waals surface area (Å²) < 4.78 is 3.12. The van der Waals surface area contributed by atoms with Gasteiger partial charge in [-0.15, -0.1) is 5.10 Å². The normalized spacial score (nSPS) is 15.2. The number of anilines is 1. The molecule has 0 saturated heterocycles. The minimum Gasteiger partial charge on any atom is -0.382 e. The third-order valence-corrected chi connectivity index (χ3v) is 6.12. The molecular weight excluding hydrogens is 374 g/mol. The van der Waals surface area contributed by atoms with Gasteiger partial charge in [-0.3, -0.25) is 14.2 Å². The van der Waals surface area contributed by atoms with Crippen molar-refractivity contribution in [1.29, 1.82) is 0 Å². The molecule has 2 heterocycles. The van der Waals surface area contributed by atoms with Gasteiger partial charge in [0.1, 0.15) is 5.82 Å². The second-order valence-corrected chi connectivity index (χ2v) is 8.13. The van der Waals surface area contributed by atoms with Gasteiger partial charge in [-0.2, -0.15) is 0 Å². The van der Waals surface area contributed by atoms with Crippen LogP contribution in [0.3, 0.4) is 0 Å². The van der Waals surface area contributed by atoms with Crippen LogP contribution in [0.4, 0.5) is 5.82 Å². The Balaban J connectivity index is 1.69. The molecule has 0 atom stereocenters. The summed E-state index contributed by atoms with van der Waals surface area (Å²) >= 11 is 1.29. The summed E-state index contributed by atoms with van der Waals surface area (Å²) in [6.07, 6.45) is 5.36. The van der Waals surface area contributed by atoms with Gasteiger partial charge in [-0.05, 0) is 31.9 Å². The Morgan fingerprint density at radius 1 is 1.25 bits per heavy atom. The highest BCUT2D eigenvalue weighted by Crippen LogP contribution is 2.31. The minimum absolute atomic E-state index is 0.0213. The Morgan fingerprint density at radius 3 is 2.71 bits per heavy atom. The van der Waals surface area contributed by atoms with Crippen LogP contribution in [-0.4, -0.2) is 31.0 Å². The van der Waals surface area contributed by atoms with Gasteiger partial charge in [-0.1, -0.05) is 43.2 Å². The fourth-order valence-corrected chi connectivity index (χ4v) is 4.74. The maximum absolute atomic E-state index is 13.2. The molecule has 7 nitrogen and oxygen atoms in total. The van der Waals surface area contributed by atoms with Crippen molar-refractivity contribution >= 4 is 34.4 Å². The zero-order valence-corrected chi connectivity index (χ0v) is 16.6. The van der Waals surface area contributed by atoms with Crippen molar-refractivity contribution in [3.8, 4) is 0 Å². The first kappa shape index (κ1) is 18.7. The van der Waals surface area contributed by atoms with Crippen molar-refractivity contribution in [2.75, 3.05) is 11.5 Å². The molecule has 1 aliphatic carbocycles. The third kappa shape index (κ3) is 3.56. The first-order valence-electron chi connectivity index (χ1n) is 9.54. The molecule has 4 rings (SSSR count). The highest BCUT2D eigenvalue weighted by atomic mass is 32.2. The quantitative estimate of drug-likeness (QED) is 0.535. The van der Waals surface area contributed by atoms with Gasteiger partial charge in [-0.25, -0.2) is 9.67 Å². The second-order valence-electron chi connectivity index (χ2n) is 7.18. The highest BCUT2D eigenvalue weighted by Gasteiger charge is 2.22. The van der Waals surface area contributed by atoms with Crippen LogP contribution < -0.4 is 11.3 Å². The van der Waals surface area contributed by atoms with Crippen LogP contribution in [0.1, 0.15) is 48.6 Å². The van der Waals surface area contributed by atoms with Crippen molar-refractivity contribution in [3.05, 3.63) is 46.4 Å². The zero-order valence-electron chi connectivity index (χ0n) is 15.8. The largest absolute Gasteiger partial charge is 0.382 e. The van der Waals surface area contributed by atoms with Crippen LogP contribution in [0.2, 0.25) is 0 Å². The molecule has 8 heteroatoms. The highest BCUT2D eigenvalue weighted by molar-refractivity contribution is 7.99. The summed E-state index contributed by atoms with van der Waals surface area (Å²) in [4.78, 5) is 30.5. The number of carbonyl (C=O) groups is 1. The van der Waals surface area contributed by atoms with Crippen LogP contribution >= 0.6 is 11.8 Å². The standard InChI is InChI=1S/C20H23N5O2S/c1-13-11-17(21)23-25(13)18(26)12-28-20-22-16-10-6-5-9-15(16)19(27)24(20)14-7-3-2-4-8-14/h5-6,9-11,14H,2-4,7-8,12H2,1H3,(H2,21,23). The number of carbonyl (C=O) groups excluding carboxylic acids is 1. The number of aromatic nitrogens is 4. The van der Waals surface area contributed by atoms with E-state index in [2.05, 4.69) is 5.10 Å². The van der Waals surface area contributed by atoms with E-state index in [9.17, 15) is 9.59 Å². The molecule has 0 aliphatic heterocycles. The number of rotatable bonds is 4. The first-order chi connectivity index (χ1) is 13.5. The number of hydrogen-bond acceptors (Lipinski definition) is 6. The van der Waals surface area contributed by atoms with Gasteiger partial charge in [0.2, 0.25) is 0 Å². The Morgan fingerprint density at radius 2 is 2.00 bits per heavy atom. The second kappa shape index (κ2) is 7.79. The van der Waals surface area contributed by atoms with Crippen molar-refractivity contribution < 1.29 is 4.79 Å². The van der Waals surface area contributed by atoms with E-state index in [1.807, 2.05) is 28.8 Å². The Bertz CT molecular complexity index is 1080. The van der Waals surface area contributed by atoms with Crippen molar-refractivity contribution in [2.24, 2.45) is 0 Å². The molecule has 146 valence electrons. The maximum atomic E-state index is 13.2. The summed E-state index contributed by atoms with van der Waals surface area (Å²) in [5, 5.41) is 5.27.